The van der Waals surface area contributed by atoms with E-state index in [4.69, 9.17) is 10.6 Å². The molecule has 0 aromatic carbocycles. The first-order chi connectivity index (χ1) is 7.26. The maximum Gasteiger partial charge on any atom is 0.0822 e. The van der Waals surface area contributed by atoms with Crippen LogP contribution in [0.1, 0.15) is 51.9 Å². The zero-order valence-corrected chi connectivity index (χ0v) is 9.80. The molecule has 2 fully saturated rings. The Kier molecular flexibility index (Phi) is 3.65. The van der Waals surface area contributed by atoms with Gasteiger partial charge in [-0.3, -0.25) is 11.3 Å². The van der Waals surface area contributed by atoms with Gasteiger partial charge in [-0.1, -0.05) is 12.8 Å². The lowest BCUT2D eigenvalue weighted by Crippen LogP contribution is -2.57. The predicted molar refractivity (Wildman–Crippen MR) is 61.3 cm³/mol. The lowest BCUT2D eigenvalue weighted by atomic mass is 9.80. The third kappa shape index (κ3) is 2.35. The molecule has 3 N–H and O–H groups in total. The molecule has 0 spiro atoms. The highest BCUT2D eigenvalue weighted by Gasteiger charge is 2.41. The zero-order chi connectivity index (χ0) is 10.7. The summed E-state index contributed by atoms with van der Waals surface area (Å²) in [6.45, 7) is 3.14. The Bertz CT molecular complexity index is 196. The monoisotopic (exact) mass is 212 g/mol. The van der Waals surface area contributed by atoms with Gasteiger partial charge in [0.25, 0.3) is 0 Å². The zero-order valence-electron chi connectivity index (χ0n) is 9.80. The van der Waals surface area contributed by atoms with Gasteiger partial charge in [-0.05, 0) is 44.9 Å². The molecular weight excluding hydrogens is 188 g/mol. The molecule has 2 unspecified atom stereocenters. The maximum atomic E-state index is 5.99. The summed E-state index contributed by atoms with van der Waals surface area (Å²) in [5.74, 6) is 6.46. The highest BCUT2D eigenvalue weighted by Crippen LogP contribution is 2.37. The molecule has 0 aromatic rings. The van der Waals surface area contributed by atoms with E-state index in [-0.39, 0.29) is 5.60 Å². The van der Waals surface area contributed by atoms with Crippen molar-refractivity contribution in [3.63, 3.8) is 0 Å². The molecule has 0 amide bonds. The van der Waals surface area contributed by atoms with Crippen LogP contribution in [-0.2, 0) is 4.74 Å². The average molecular weight is 212 g/mol. The smallest absolute Gasteiger partial charge is 0.0822 e. The van der Waals surface area contributed by atoms with Crippen molar-refractivity contribution in [2.24, 2.45) is 11.8 Å². The lowest BCUT2D eigenvalue weighted by molar-refractivity contribution is -0.1000. The van der Waals surface area contributed by atoms with Gasteiger partial charge in [-0.25, -0.2) is 0 Å². The van der Waals surface area contributed by atoms with Crippen LogP contribution in [-0.4, -0.2) is 18.2 Å². The molecule has 1 saturated heterocycles. The average Bonchev–Trinajstić information content (AvgIpc) is 2.73. The second-order valence-corrected chi connectivity index (χ2v) is 5.31. The van der Waals surface area contributed by atoms with Crippen molar-refractivity contribution >= 4 is 0 Å². The lowest BCUT2D eigenvalue weighted by Gasteiger charge is -2.43. The Morgan fingerprint density at radius 1 is 1.27 bits per heavy atom. The molecule has 3 heteroatoms. The molecule has 1 aliphatic carbocycles. The van der Waals surface area contributed by atoms with Crippen LogP contribution in [0, 0.1) is 5.92 Å². The van der Waals surface area contributed by atoms with Crippen molar-refractivity contribution in [2.75, 3.05) is 6.61 Å². The molecule has 1 saturated carbocycles. The molecule has 2 aliphatic rings. The molecule has 88 valence electrons. The van der Waals surface area contributed by atoms with Crippen molar-refractivity contribution in [1.82, 2.24) is 5.43 Å². The predicted octanol–water partition coefficient (Wildman–Crippen LogP) is 1.97. The molecule has 1 aliphatic heterocycles. The quantitative estimate of drug-likeness (QED) is 0.555. The van der Waals surface area contributed by atoms with Crippen LogP contribution in [0.4, 0.5) is 0 Å². The van der Waals surface area contributed by atoms with Gasteiger partial charge in [0, 0.05) is 6.61 Å². The fourth-order valence-electron chi connectivity index (χ4n) is 3.30. The van der Waals surface area contributed by atoms with Gasteiger partial charge >= 0.3 is 0 Å². The fraction of sp³-hybridized carbons (Fsp3) is 1.00. The topological polar surface area (TPSA) is 47.3 Å². The Labute approximate surface area is 92.7 Å². The second-order valence-electron chi connectivity index (χ2n) is 5.31. The van der Waals surface area contributed by atoms with E-state index in [1.807, 2.05) is 0 Å². The first-order valence-corrected chi connectivity index (χ1v) is 6.36. The molecule has 0 radical (unpaired) electrons. The molecule has 15 heavy (non-hydrogen) atoms. The minimum Gasteiger partial charge on any atom is -0.374 e. The first-order valence-electron chi connectivity index (χ1n) is 6.36. The van der Waals surface area contributed by atoms with Crippen LogP contribution in [0.15, 0.2) is 0 Å². The van der Waals surface area contributed by atoms with Gasteiger partial charge in [0.2, 0.25) is 0 Å². The number of ether oxygens (including phenoxy) is 1. The van der Waals surface area contributed by atoms with Gasteiger partial charge < -0.3 is 4.74 Å². The van der Waals surface area contributed by atoms with Crippen LogP contribution >= 0.6 is 0 Å². The fourth-order valence-corrected chi connectivity index (χ4v) is 3.30. The van der Waals surface area contributed by atoms with Crippen LogP contribution in [0.5, 0.6) is 0 Å². The van der Waals surface area contributed by atoms with Crippen molar-refractivity contribution in [3.8, 4) is 0 Å². The standard InChI is InChI=1S/C12H24N2O/c1-12(8-4-5-9-15-12)11(14-13)10-6-2-3-7-10/h10-11,14H,2-9,13H2,1H3. The van der Waals surface area contributed by atoms with E-state index >= 15 is 0 Å². The van der Waals surface area contributed by atoms with Crippen molar-refractivity contribution in [3.05, 3.63) is 0 Å². The molecule has 2 rings (SSSR count). The third-order valence-corrected chi connectivity index (χ3v) is 4.21. The van der Waals surface area contributed by atoms with E-state index in [0.29, 0.717) is 6.04 Å². The Hall–Kier alpha value is -0.120. The SMILES string of the molecule is CC1(C(NN)C2CCCC2)CCCCO1. The minimum atomic E-state index is -0.0258. The Morgan fingerprint density at radius 3 is 2.53 bits per heavy atom. The van der Waals surface area contributed by atoms with Crippen LogP contribution in [0.25, 0.3) is 0 Å². The molecular formula is C12H24N2O. The summed E-state index contributed by atoms with van der Waals surface area (Å²) in [6, 6.07) is 0.348. The van der Waals surface area contributed by atoms with Crippen LogP contribution < -0.4 is 11.3 Å². The Balaban J connectivity index is 2.02. The molecule has 2 atom stereocenters. The van der Waals surface area contributed by atoms with Gasteiger partial charge in [0.1, 0.15) is 0 Å². The number of rotatable bonds is 3. The van der Waals surface area contributed by atoms with Gasteiger partial charge in [0.15, 0.2) is 0 Å². The maximum absolute atomic E-state index is 5.99. The summed E-state index contributed by atoms with van der Waals surface area (Å²) in [4.78, 5) is 0. The van der Waals surface area contributed by atoms with E-state index in [1.165, 1.54) is 38.5 Å². The van der Waals surface area contributed by atoms with E-state index in [2.05, 4.69) is 12.3 Å². The summed E-state index contributed by atoms with van der Waals surface area (Å²) >= 11 is 0. The second kappa shape index (κ2) is 4.81. The van der Waals surface area contributed by atoms with Crippen LogP contribution in [0.3, 0.4) is 0 Å². The largest absolute Gasteiger partial charge is 0.374 e. The number of hydrazine groups is 1. The molecule has 1 heterocycles. The minimum absolute atomic E-state index is 0.0258. The van der Waals surface area contributed by atoms with E-state index in [0.717, 1.165) is 18.9 Å². The van der Waals surface area contributed by atoms with Gasteiger partial charge in [-0.2, -0.15) is 0 Å². The van der Waals surface area contributed by atoms with Crippen molar-refractivity contribution in [1.29, 1.82) is 0 Å². The molecule has 0 bridgehead atoms. The summed E-state index contributed by atoms with van der Waals surface area (Å²) in [7, 11) is 0. The summed E-state index contributed by atoms with van der Waals surface area (Å²) in [5.41, 5.74) is 3.00. The van der Waals surface area contributed by atoms with Crippen molar-refractivity contribution in [2.45, 2.75) is 63.5 Å². The number of nitrogens with one attached hydrogen (secondary N) is 1. The molecule has 3 nitrogen and oxygen atoms in total. The normalized spacial score (nSPS) is 35.6. The van der Waals surface area contributed by atoms with E-state index < -0.39 is 0 Å². The highest BCUT2D eigenvalue weighted by molar-refractivity contribution is 4.95. The van der Waals surface area contributed by atoms with Gasteiger partial charge in [-0.15, -0.1) is 0 Å². The third-order valence-electron chi connectivity index (χ3n) is 4.21. The molecule has 0 aromatic heterocycles. The first kappa shape index (κ1) is 11.4. The summed E-state index contributed by atoms with van der Waals surface area (Å²) in [5, 5.41) is 0. The van der Waals surface area contributed by atoms with Gasteiger partial charge in [0.05, 0.1) is 11.6 Å². The number of nitrogens with two attached hydrogens (primary N) is 1. The van der Waals surface area contributed by atoms with E-state index in [1.54, 1.807) is 0 Å². The summed E-state index contributed by atoms with van der Waals surface area (Å²) < 4.78 is 5.99. The van der Waals surface area contributed by atoms with E-state index in [9.17, 15) is 0 Å². The number of hydrogen-bond acceptors (Lipinski definition) is 3. The number of hydrogen-bond donors (Lipinski definition) is 2. The van der Waals surface area contributed by atoms with Crippen molar-refractivity contribution < 1.29 is 4.74 Å². The highest BCUT2D eigenvalue weighted by atomic mass is 16.5. The summed E-state index contributed by atoms with van der Waals surface area (Å²) in [6.07, 6.45) is 8.98. The Morgan fingerprint density at radius 2 is 2.00 bits per heavy atom. The van der Waals surface area contributed by atoms with Crippen LogP contribution in [0.2, 0.25) is 0 Å².